The minimum absolute atomic E-state index is 0.104. The normalized spacial score (nSPS) is 11.9. The maximum Gasteiger partial charge on any atom is 0.230 e. The van der Waals surface area contributed by atoms with E-state index in [1.54, 1.807) is 7.11 Å². The summed E-state index contributed by atoms with van der Waals surface area (Å²) in [6.07, 6.45) is 0. The zero-order valence-electron chi connectivity index (χ0n) is 17.3. The number of carbonyl (C=O) groups excluding carboxylic acids is 1. The number of ether oxygens (including phenoxy) is 1. The summed E-state index contributed by atoms with van der Waals surface area (Å²) in [6, 6.07) is 21.7. The zero-order chi connectivity index (χ0) is 21.8. The quantitative estimate of drug-likeness (QED) is 0.340. The summed E-state index contributed by atoms with van der Waals surface area (Å²) >= 11 is 1.24. The van der Waals surface area contributed by atoms with Gasteiger partial charge in [0.1, 0.15) is 5.75 Å². The lowest BCUT2D eigenvalue weighted by Crippen LogP contribution is -2.28. The monoisotopic (exact) mass is 433 g/mol. The number of fused-ring (bicyclic) bond motifs is 1. The Bertz CT molecular complexity index is 1220. The van der Waals surface area contributed by atoms with Gasteiger partial charge in [-0.1, -0.05) is 60.3 Å². The van der Waals surface area contributed by atoms with Crippen LogP contribution in [0.3, 0.4) is 0 Å². The van der Waals surface area contributed by atoms with Gasteiger partial charge in [-0.3, -0.25) is 4.79 Å². The van der Waals surface area contributed by atoms with Gasteiger partial charge in [0.2, 0.25) is 11.1 Å². The van der Waals surface area contributed by atoms with Crippen molar-refractivity contribution < 1.29 is 9.53 Å². The van der Waals surface area contributed by atoms with Crippen molar-refractivity contribution in [3.63, 3.8) is 0 Å². The van der Waals surface area contributed by atoms with Gasteiger partial charge in [0.05, 0.1) is 24.5 Å². The number of hydrogen-bond acceptors (Lipinski definition) is 6. The number of thioether (sulfide) groups is 1. The molecule has 8 heteroatoms. The number of rotatable bonds is 7. The number of benzene rings is 3. The van der Waals surface area contributed by atoms with Crippen LogP contribution in [0.5, 0.6) is 5.75 Å². The molecule has 0 saturated heterocycles. The summed E-state index contributed by atoms with van der Waals surface area (Å²) in [7, 11) is 1.59. The predicted molar refractivity (Wildman–Crippen MR) is 123 cm³/mol. The van der Waals surface area contributed by atoms with Crippen molar-refractivity contribution in [3.8, 4) is 17.1 Å². The molecule has 0 bridgehead atoms. The summed E-state index contributed by atoms with van der Waals surface area (Å²) in [5.41, 5.74) is 1.79. The second-order valence-corrected chi connectivity index (χ2v) is 8.00. The zero-order valence-corrected chi connectivity index (χ0v) is 18.1. The average Bonchev–Trinajstić information content (AvgIpc) is 3.17. The number of nitrogen functional groups attached to an aromatic ring is 1. The molecular formula is C23H23N5O2S. The van der Waals surface area contributed by atoms with Crippen LogP contribution >= 0.6 is 11.8 Å². The lowest BCUT2D eigenvalue weighted by Gasteiger charge is -2.15. The first kappa shape index (κ1) is 20.7. The van der Waals surface area contributed by atoms with E-state index in [0.717, 1.165) is 16.5 Å². The Morgan fingerprint density at radius 2 is 1.84 bits per heavy atom. The molecule has 31 heavy (non-hydrogen) atoms. The van der Waals surface area contributed by atoms with Crippen molar-refractivity contribution in [3.05, 3.63) is 72.3 Å². The highest BCUT2D eigenvalue weighted by atomic mass is 32.2. The van der Waals surface area contributed by atoms with Gasteiger partial charge in [-0.2, -0.15) is 0 Å². The summed E-state index contributed by atoms with van der Waals surface area (Å²) < 4.78 is 6.74. The number of carbonyl (C=O) groups is 1. The number of nitrogens with one attached hydrogen (secondary N) is 1. The summed E-state index contributed by atoms with van der Waals surface area (Å²) in [5.74, 6) is 7.38. The molecule has 0 spiro atoms. The SMILES string of the molecule is COc1ccccc1-c1nnc(SCC(=O)NC(C)c2ccc3ccccc3c2)n1N. The van der Waals surface area contributed by atoms with Crippen molar-refractivity contribution >= 4 is 28.4 Å². The highest BCUT2D eigenvalue weighted by Gasteiger charge is 2.17. The Balaban J connectivity index is 1.40. The molecule has 4 rings (SSSR count). The molecule has 1 aromatic heterocycles. The highest BCUT2D eigenvalue weighted by molar-refractivity contribution is 7.99. The average molecular weight is 434 g/mol. The second-order valence-electron chi connectivity index (χ2n) is 7.06. The Morgan fingerprint density at radius 1 is 1.10 bits per heavy atom. The molecule has 158 valence electrons. The molecule has 0 aliphatic heterocycles. The van der Waals surface area contributed by atoms with E-state index in [2.05, 4.69) is 39.8 Å². The molecule has 0 aliphatic rings. The predicted octanol–water partition coefficient (Wildman–Crippen LogP) is 3.79. The van der Waals surface area contributed by atoms with Crippen LogP contribution in [0.4, 0.5) is 0 Å². The molecule has 0 aliphatic carbocycles. The molecule has 0 radical (unpaired) electrons. The molecule has 7 nitrogen and oxygen atoms in total. The van der Waals surface area contributed by atoms with E-state index in [-0.39, 0.29) is 17.7 Å². The maximum atomic E-state index is 12.5. The van der Waals surface area contributed by atoms with E-state index in [9.17, 15) is 4.79 Å². The third-order valence-corrected chi connectivity index (χ3v) is 5.94. The topological polar surface area (TPSA) is 95.1 Å². The van der Waals surface area contributed by atoms with Crippen LogP contribution in [0.1, 0.15) is 18.5 Å². The van der Waals surface area contributed by atoms with E-state index >= 15 is 0 Å². The van der Waals surface area contributed by atoms with Crippen LogP contribution in [0.25, 0.3) is 22.2 Å². The standard InChI is InChI=1S/C23H23N5O2S/c1-15(17-12-11-16-7-3-4-8-18(16)13-17)25-21(29)14-31-23-27-26-22(28(23)24)19-9-5-6-10-20(19)30-2/h3-13,15H,14,24H2,1-2H3,(H,25,29). The van der Waals surface area contributed by atoms with Gasteiger partial charge in [0.15, 0.2) is 5.82 Å². The van der Waals surface area contributed by atoms with Gasteiger partial charge in [-0.25, -0.2) is 4.68 Å². The van der Waals surface area contributed by atoms with Gasteiger partial charge < -0.3 is 15.9 Å². The Morgan fingerprint density at radius 3 is 2.65 bits per heavy atom. The van der Waals surface area contributed by atoms with E-state index in [0.29, 0.717) is 16.7 Å². The molecule has 1 atom stereocenters. The van der Waals surface area contributed by atoms with Crippen molar-refractivity contribution in [2.45, 2.75) is 18.1 Å². The molecule has 0 fully saturated rings. The fourth-order valence-corrected chi connectivity index (χ4v) is 4.03. The van der Waals surface area contributed by atoms with Gasteiger partial charge in [0, 0.05) is 0 Å². The molecule has 4 aromatic rings. The number of nitrogens with two attached hydrogens (primary N) is 1. The summed E-state index contributed by atoms with van der Waals surface area (Å²) in [4.78, 5) is 12.5. The van der Waals surface area contributed by atoms with Gasteiger partial charge in [-0.05, 0) is 41.5 Å². The first-order chi connectivity index (χ1) is 15.1. The first-order valence-corrected chi connectivity index (χ1v) is 10.8. The van der Waals surface area contributed by atoms with Crippen LogP contribution in [0.15, 0.2) is 71.9 Å². The van der Waals surface area contributed by atoms with Gasteiger partial charge in [-0.15, -0.1) is 10.2 Å². The smallest absolute Gasteiger partial charge is 0.230 e. The third-order valence-electron chi connectivity index (χ3n) is 5.00. The van der Waals surface area contributed by atoms with Crippen LogP contribution in [0.2, 0.25) is 0 Å². The summed E-state index contributed by atoms with van der Waals surface area (Å²) in [5, 5.41) is 14.1. The number of amides is 1. The van der Waals surface area contributed by atoms with Gasteiger partial charge in [0.25, 0.3) is 0 Å². The van der Waals surface area contributed by atoms with Crippen LogP contribution in [-0.2, 0) is 4.79 Å². The van der Waals surface area contributed by atoms with E-state index in [1.807, 2.05) is 49.4 Å². The Hall–Kier alpha value is -3.52. The first-order valence-electron chi connectivity index (χ1n) is 9.81. The molecule has 0 saturated carbocycles. The number of methoxy groups -OCH3 is 1. The lowest BCUT2D eigenvalue weighted by atomic mass is 10.0. The fraction of sp³-hybridized carbons (Fsp3) is 0.174. The minimum Gasteiger partial charge on any atom is -0.496 e. The molecule has 3 aromatic carbocycles. The number of para-hydroxylation sites is 1. The number of aromatic nitrogens is 3. The van der Waals surface area contributed by atoms with Gasteiger partial charge >= 0.3 is 0 Å². The number of nitrogens with zero attached hydrogens (tertiary/aromatic N) is 3. The molecule has 3 N–H and O–H groups in total. The largest absolute Gasteiger partial charge is 0.496 e. The fourth-order valence-electron chi connectivity index (χ4n) is 3.36. The van der Waals surface area contributed by atoms with E-state index < -0.39 is 0 Å². The van der Waals surface area contributed by atoms with Crippen molar-refractivity contribution in [1.29, 1.82) is 0 Å². The van der Waals surface area contributed by atoms with E-state index in [4.69, 9.17) is 10.6 Å². The third kappa shape index (κ3) is 4.49. The van der Waals surface area contributed by atoms with Crippen LogP contribution < -0.4 is 15.9 Å². The molecular weight excluding hydrogens is 410 g/mol. The van der Waals surface area contributed by atoms with Crippen molar-refractivity contribution in [2.75, 3.05) is 18.7 Å². The summed E-state index contributed by atoms with van der Waals surface area (Å²) in [6.45, 7) is 1.97. The molecule has 1 amide bonds. The minimum atomic E-state index is -0.113. The Kier molecular flexibility index (Phi) is 6.08. The lowest BCUT2D eigenvalue weighted by molar-refractivity contribution is -0.119. The van der Waals surface area contributed by atoms with Crippen LogP contribution in [0, 0.1) is 0 Å². The van der Waals surface area contributed by atoms with Crippen molar-refractivity contribution in [1.82, 2.24) is 20.2 Å². The molecule has 1 unspecified atom stereocenters. The second kappa shape index (κ2) is 9.09. The molecule has 1 heterocycles. The Labute approximate surface area is 184 Å². The van der Waals surface area contributed by atoms with Crippen molar-refractivity contribution in [2.24, 2.45) is 0 Å². The maximum absolute atomic E-state index is 12.5. The highest BCUT2D eigenvalue weighted by Crippen LogP contribution is 2.29. The number of hydrogen-bond donors (Lipinski definition) is 2. The van der Waals surface area contributed by atoms with Crippen LogP contribution in [-0.4, -0.2) is 33.6 Å². The van der Waals surface area contributed by atoms with E-state index in [1.165, 1.54) is 21.8 Å².